The summed E-state index contributed by atoms with van der Waals surface area (Å²) in [7, 11) is 1.29. The Bertz CT molecular complexity index is 2240. The number of alkyl carbamates (subject to hydrolysis) is 1. The van der Waals surface area contributed by atoms with Crippen LogP contribution < -0.4 is 10.6 Å². The van der Waals surface area contributed by atoms with Crippen molar-refractivity contribution in [2.45, 2.75) is 44.7 Å². The number of likely N-dealkylation sites (tertiary alicyclic amines) is 2. The van der Waals surface area contributed by atoms with Crippen LogP contribution in [0.3, 0.4) is 0 Å². The van der Waals surface area contributed by atoms with Gasteiger partial charge in [-0.05, 0) is 48.7 Å². The summed E-state index contributed by atoms with van der Waals surface area (Å²) < 4.78 is 6.56. The van der Waals surface area contributed by atoms with E-state index in [0.717, 1.165) is 89.9 Å². The molecule has 2 fully saturated rings. The van der Waals surface area contributed by atoms with Gasteiger partial charge in [-0.1, -0.05) is 72.0 Å². The van der Waals surface area contributed by atoms with Crippen LogP contribution in [0.4, 0.5) is 4.79 Å². The lowest BCUT2D eigenvalue weighted by Gasteiger charge is -2.23. The number of thiazole rings is 1. The lowest BCUT2D eigenvalue weighted by Crippen LogP contribution is -2.41. The maximum absolute atomic E-state index is 12.5. The highest BCUT2D eigenvalue weighted by Gasteiger charge is 2.30. The molecule has 4 aromatic heterocycles. The number of carbonyl (C=O) groups is 4. The van der Waals surface area contributed by atoms with E-state index in [2.05, 4.69) is 52.1 Å². The smallest absolute Gasteiger partial charge is 0.407 e. The first-order valence-corrected chi connectivity index (χ1v) is 19.4. The third-order valence-electron chi connectivity index (χ3n) is 9.13. The van der Waals surface area contributed by atoms with E-state index in [-0.39, 0.29) is 17.7 Å². The molecule has 15 nitrogen and oxygen atoms in total. The van der Waals surface area contributed by atoms with Crippen molar-refractivity contribution in [2.75, 3.05) is 33.3 Å². The molecule has 2 unspecified atom stereocenters. The van der Waals surface area contributed by atoms with E-state index in [9.17, 15) is 19.2 Å². The molecule has 6 aromatic rings. The van der Waals surface area contributed by atoms with E-state index < -0.39 is 18.2 Å². The second-order valence-corrected chi connectivity index (χ2v) is 14.2. The van der Waals surface area contributed by atoms with Gasteiger partial charge in [0.15, 0.2) is 4.96 Å². The summed E-state index contributed by atoms with van der Waals surface area (Å²) in [6.45, 7) is 4.53. The normalized spacial score (nSPS) is 14.2. The number of aromatic amines is 2. The Hall–Kier alpha value is -6.73. The lowest BCUT2D eigenvalue weighted by atomic mass is 10.1. The van der Waals surface area contributed by atoms with Crippen molar-refractivity contribution in [1.82, 2.24) is 49.8 Å². The fourth-order valence-corrected chi connectivity index (χ4v) is 7.25. The van der Waals surface area contributed by atoms with E-state index in [1.807, 2.05) is 82.4 Å². The number of nitrogens with zero attached hydrogens (tertiary/aromatic N) is 6. The molecule has 0 saturated carbocycles. The Kier molecular flexibility index (Phi) is 13.8. The molecule has 0 spiro atoms. The maximum atomic E-state index is 12.5. The molecule has 294 valence electrons. The Labute approximate surface area is 333 Å². The molecular weight excluding hydrogens is 745 g/mol. The SMILES string of the molecule is C(#Cc1cnc[nH]1)c1cn2cc(-c3cnc[nH]3)sc2n1.CC(=O)NC(C(=O)N1CCCC1)c1ccccc1.COC(=O)NC(C(=O)N1CCCC1)c1ccccc1. The number of imidazole rings is 3. The quantitative estimate of drug-likeness (QED) is 0.161. The van der Waals surface area contributed by atoms with Gasteiger partial charge in [-0.3, -0.25) is 18.8 Å². The monoisotopic (exact) mass is 788 g/mol. The molecule has 4 N–H and O–H groups in total. The molecule has 2 aliphatic rings. The van der Waals surface area contributed by atoms with E-state index in [0.29, 0.717) is 0 Å². The van der Waals surface area contributed by atoms with Crippen molar-refractivity contribution < 1.29 is 23.9 Å². The highest BCUT2D eigenvalue weighted by Crippen LogP contribution is 2.26. The number of fused-ring (bicyclic) bond motifs is 1. The van der Waals surface area contributed by atoms with Crippen molar-refractivity contribution in [3.63, 3.8) is 0 Å². The van der Waals surface area contributed by atoms with E-state index in [4.69, 9.17) is 0 Å². The highest BCUT2D eigenvalue weighted by molar-refractivity contribution is 7.20. The molecule has 4 amide bonds. The fraction of sp³-hybridized carbons (Fsp3) is 0.293. The fourth-order valence-electron chi connectivity index (χ4n) is 6.31. The van der Waals surface area contributed by atoms with Gasteiger partial charge in [0, 0.05) is 45.5 Å². The molecule has 2 aromatic carbocycles. The van der Waals surface area contributed by atoms with Crippen LogP contribution in [-0.4, -0.2) is 96.2 Å². The molecule has 6 heterocycles. The first-order chi connectivity index (χ1) is 27.8. The Morgan fingerprint density at radius 1 is 0.754 bits per heavy atom. The number of amides is 4. The lowest BCUT2D eigenvalue weighted by molar-refractivity contribution is -0.135. The number of rotatable bonds is 7. The average Bonchev–Trinajstić information content (AvgIpc) is 4.08. The van der Waals surface area contributed by atoms with Crippen molar-refractivity contribution in [3.05, 3.63) is 121 Å². The van der Waals surface area contributed by atoms with Crippen LogP contribution in [0.15, 0.2) is 98.1 Å². The van der Waals surface area contributed by atoms with Gasteiger partial charge >= 0.3 is 6.09 Å². The molecule has 0 aliphatic carbocycles. The predicted molar refractivity (Wildman–Crippen MR) is 215 cm³/mol. The summed E-state index contributed by atoms with van der Waals surface area (Å²) in [4.78, 5) is 71.6. The molecule has 2 atom stereocenters. The molecule has 8 rings (SSSR count). The van der Waals surface area contributed by atoms with Gasteiger partial charge in [0.2, 0.25) is 17.7 Å². The third-order valence-corrected chi connectivity index (χ3v) is 10.2. The molecule has 0 radical (unpaired) electrons. The van der Waals surface area contributed by atoms with Crippen molar-refractivity contribution >= 4 is 40.1 Å². The first-order valence-electron chi connectivity index (χ1n) is 18.6. The van der Waals surface area contributed by atoms with Gasteiger partial charge in [0.05, 0.1) is 42.7 Å². The van der Waals surface area contributed by atoms with Gasteiger partial charge in [0.25, 0.3) is 0 Å². The van der Waals surface area contributed by atoms with E-state index >= 15 is 0 Å². The maximum Gasteiger partial charge on any atom is 0.407 e. The van der Waals surface area contributed by atoms with Crippen molar-refractivity contribution in [2.24, 2.45) is 0 Å². The van der Waals surface area contributed by atoms with Gasteiger partial charge in [0.1, 0.15) is 23.5 Å². The van der Waals surface area contributed by atoms with Crippen molar-refractivity contribution in [3.8, 4) is 22.4 Å². The number of aromatic nitrogens is 6. The number of methoxy groups -OCH3 is 1. The molecule has 57 heavy (non-hydrogen) atoms. The molecule has 0 bridgehead atoms. The standard InChI is InChI=1S/C14H18N2O3.C14H18N2O2.C13H8N6S/c1-19-14(18)15-12(11-7-3-2-4-8-11)13(17)16-9-5-6-10-16;1-11(17)15-13(12-7-3-2-4-8-12)14(18)16-9-5-6-10-16;1(9-3-14-7-16-9)2-10-5-19-6-12(20-13(19)18-10)11-4-15-8-17-11/h2-4,7-8,12H,5-6,9-10H2,1H3,(H,15,18);2-4,7-8,13H,5-6,9-10H2,1H3,(H,15,17);3-8H,(H,14,16)(H,15,17). The largest absolute Gasteiger partial charge is 0.453 e. The Balaban J connectivity index is 0.000000145. The van der Waals surface area contributed by atoms with Crippen LogP contribution in [0.2, 0.25) is 0 Å². The summed E-state index contributed by atoms with van der Waals surface area (Å²) in [5, 5.41) is 5.35. The van der Waals surface area contributed by atoms with E-state index in [1.165, 1.54) is 14.0 Å². The summed E-state index contributed by atoms with van der Waals surface area (Å²) in [6.07, 6.45) is 14.2. The van der Waals surface area contributed by atoms with Gasteiger partial charge in [-0.25, -0.2) is 19.7 Å². The van der Waals surface area contributed by atoms with Crippen LogP contribution in [0.1, 0.15) is 67.2 Å². The first kappa shape index (κ1) is 39.9. The minimum Gasteiger partial charge on any atom is -0.453 e. The van der Waals surface area contributed by atoms with Crippen LogP contribution in [-0.2, 0) is 19.1 Å². The predicted octanol–water partition coefficient (Wildman–Crippen LogP) is 5.10. The molecule has 16 heteroatoms. The zero-order valence-electron chi connectivity index (χ0n) is 31.7. The highest BCUT2D eigenvalue weighted by atomic mass is 32.1. The summed E-state index contributed by atoms with van der Waals surface area (Å²) in [5.41, 5.74) is 4.11. The molecular formula is C41H44N10O5S. The van der Waals surface area contributed by atoms with Crippen LogP contribution in [0.25, 0.3) is 15.5 Å². The number of benzene rings is 2. The minimum absolute atomic E-state index is 0.00565. The third kappa shape index (κ3) is 10.9. The van der Waals surface area contributed by atoms with Gasteiger partial charge < -0.3 is 35.1 Å². The summed E-state index contributed by atoms with van der Waals surface area (Å²) in [5.74, 6) is 5.72. The van der Waals surface area contributed by atoms with Crippen LogP contribution in [0, 0.1) is 11.8 Å². The van der Waals surface area contributed by atoms with Crippen molar-refractivity contribution in [1.29, 1.82) is 0 Å². The number of hydrogen-bond acceptors (Lipinski definition) is 9. The number of carbonyl (C=O) groups excluding carboxylic acids is 4. The number of nitrogens with one attached hydrogen (secondary N) is 4. The second kappa shape index (κ2) is 19.7. The zero-order chi connectivity index (χ0) is 40.0. The second-order valence-electron chi connectivity index (χ2n) is 13.2. The number of hydrogen-bond donors (Lipinski definition) is 4. The van der Waals surface area contributed by atoms with Gasteiger partial charge in [-0.2, -0.15) is 0 Å². The molecule has 2 aliphatic heterocycles. The zero-order valence-corrected chi connectivity index (χ0v) is 32.5. The number of H-pyrrole nitrogens is 2. The van der Waals surface area contributed by atoms with Crippen LogP contribution >= 0.6 is 11.3 Å². The average molecular weight is 789 g/mol. The van der Waals surface area contributed by atoms with E-state index in [1.54, 1.807) is 41.3 Å². The minimum atomic E-state index is -0.674. The Morgan fingerprint density at radius 3 is 1.81 bits per heavy atom. The topological polar surface area (TPSA) is 183 Å². The summed E-state index contributed by atoms with van der Waals surface area (Å²) >= 11 is 1.59. The van der Waals surface area contributed by atoms with Crippen LogP contribution in [0.5, 0.6) is 0 Å². The van der Waals surface area contributed by atoms with Gasteiger partial charge in [-0.15, -0.1) is 0 Å². The number of ether oxygens (including phenoxy) is 1. The summed E-state index contributed by atoms with van der Waals surface area (Å²) in [6, 6.07) is 17.4. The Morgan fingerprint density at radius 2 is 1.32 bits per heavy atom. The molecule has 2 saturated heterocycles.